The molecule has 1 aliphatic carbocycles. The highest BCUT2D eigenvalue weighted by molar-refractivity contribution is 5.90. The number of pyridine rings is 2. The summed E-state index contributed by atoms with van der Waals surface area (Å²) in [7, 11) is 0. The number of rotatable bonds is 2. The maximum Gasteiger partial charge on any atom is 0.343 e. The molecule has 6 rings (SSSR count). The number of hydrogen-bond donors (Lipinski definition) is 2. The molecule has 3 aromatic rings. The van der Waals surface area contributed by atoms with Crippen LogP contribution in [0.15, 0.2) is 29.1 Å². The second-order valence-electron chi connectivity index (χ2n) is 9.49. The van der Waals surface area contributed by atoms with E-state index in [0.717, 1.165) is 47.8 Å². The lowest BCUT2D eigenvalue weighted by Crippen LogP contribution is -2.44. The van der Waals surface area contributed by atoms with Crippen LogP contribution in [0, 0.1) is 0 Å². The zero-order valence-corrected chi connectivity index (χ0v) is 18.6. The van der Waals surface area contributed by atoms with Crippen molar-refractivity contribution in [3.8, 4) is 17.1 Å². The summed E-state index contributed by atoms with van der Waals surface area (Å²) in [6.07, 6.45) is 5.80. The number of benzene rings is 1. The molecule has 4 heterocycles. The lowest BCUT2D eigenvalue weighted by Gasteiger charge is -2.31. The van der Waals surface area contributed by atoms with Gasteiger partial charge in [0, 0.05) is 16.5 Å². The summed E-state index contributed by atoms with van der Waals surface area (Å²) in [4.78, 5) is 30.8. The Bertz CT molecular complexity index is 1390. The number of phenols is 1. The summed E-state index contributed by atoms with van der Waals surface area (Å²) in [6.45, 7) is 1.96. The number of carbonyl (C=O) groups excluding carboxylic acids is 1. The van der Waals surface area contributed by atoms with E-state index in [2.05, 4.69) is 0 Å². The molecule has 1 fully saturated rings. The average Bonchev–Trinajstić information content (AvgIpc) is 3.19. The van der Waals surface area contributed by atoms with Crippen molar-refractivity contribution in [3.63, 3.8) is 0 Å². The molecule has 2 N–H and O–H groups in total. The minimum Gasteiger partial charge on any atom is -0.508 e. The summed E-state index contributed by atoms with van der Waals surface area (Å²) >= 11 is 0. The van der Waals surface area contributed by atoms with Crippen molar-refractivity contribution < 1.29 is 19.7 Å². The van der Waals surface area contributed by atoms with Crippen LogP contribution in [0.25, 0.3) is 22.3 Å². The first kappa shape index (κ1) is 20.4. The Hall–Kier alpha value is -3.19. The third-order valence-corrected chi connectivity index (χ3v) is 7.73. The first-order valence-electron chi connectivity index (χ1n) is 11.7. The van der Waals surface area contributed by atoms with Gasteiger partial charge in [-0.15, -0.1) is 0 Å². The molecule has 0 bridgehead atoms. The fourth-order valence-corrected chi connectivity index (χ4v) is 5.96. The number of aromatic nitrogens is 2. The van der Waals surface area contributed by atoms with Crippen LogP contribution < -0.4 is 5.56 Å². The molecule has 170 valence electrons. The molecule has 1 aromatic carbocycles. The standard InChI is InChI=1S/C26H26N2O5/c1-2-26(32)19-11-21-23-17(12-28(21)24(30)18(19)13-33-25(26)31)22(14-6-4-3-5-7-14)16-10-15(29)8-9-20(16)27-23/h8-11,14,29,32H,2-7,12-13H2,1H3. The SMILES string of the molecule is CCC1(O)C(=O)OCc2c1cc1n(c2=O)Cc2c-1nc1ccc(O)cc1c2C1CCCCC1. The minimum absolute atomic E-state index is 0.117. The number of nitrogens with zero attached hydrogens (tertiary/aromatic N) is 2. The number of fused-ring (bicyclic) bond motifs is 5. The lowest BCUT2D eigenvalue weighted by molar-refractivity contribution is -0.172. The molecule has 2 aromatic heterocycles. The van der Waals surface area contributed by atoms with Crippen molar-refractivity contribution in [2.45, 2.75) is 70.1 Å². The van der Waals surface area contributed by atoms with Gasteiger partial charge >= 0.3 is 5.97 Å². The van der Waals surface area contributed by atoms with Gasteiger partial charge in [0.2, 0.25) is 0 Å². The Morgan fingerprint density at radius 2 is 1.94 bits per heavy atom. The number of carbonyl (C=O) groups is 1. The van der Waals surface area contributed by atoms with Crippen molar-refractivity contribution in [2.75, 3.05) is 0 Å². The summed E-state index contributed by atoms with van der Waals surface area (Å²) in [5, 5.41) is 22.2. The summed E-state index contributed by atoms with van der Waals surface area (Å²) in [5.41, 5.74) is 2.89. The highest BCUT2D eigenvalue weighted by Crippen LogP contribution is 2.45. The van der Waals surface area contributed by atoms with E-state index in [4.69, 9.17) is 9.72 Å². The van der Waals surface area contributed by atoms with Crippen LogP contribution in [0.2, 0.25) is 0 Å². The van der Waals surface area contributed by atoms with Crippen LogP contribution >= 0.6 is 0 Å². The number of esters is 1. The van der Waals surface area contributed by atoms with Gasteiger partial charge in [0.25, 0.3) is 5.56 Å². The normalized spacial score (nSPS) is 22.1. The van der Waals surface area contributed by atoms with Crippen molar-refractivity contribution >= 4 is 16.9 Å². The number of aromatic hydroxyl groups is 1. The van der Waals surface area contributed by atoms with E-state index in [9.17, 15) is 19.8 Å². The molecule has 0 saturated heterocycles. The predicted molar refractivity (Wildman–Crippen MR) is 122 cm³/mol. The maximum absolute atomic E-state index is 13.5. The first-order valence-corrected chi connectivity index (χ1v) is 11.7. The third kappa shape index (κ3) is 2.81. The zero-order valence-electron chi connectivity index (χ0n) is 18.6. The smallest absolute Gasteiger partial charge is 0.343 e. The molecule has 1 unspecified atom stereocenters. The van der Waals surface area contributed by atoms with E-state index in [1.165, 1.54) is 12.0 Å². The van der Waals surface area contributed by atoms with Gasteiger partial charge in [0.15, 0.2) is 5.60 Å². The van der Waals surface area contributed by atoms with Gasteiger partial charge in [-0.2, -0.15) is 0 Å². The van der Waals surface area contributed by atoms with Crippen LogP contribution in [0.5, 0.6) is 5.75 Å². The second kappa shape index (κ2) is 7.15. The summed E-state index contributed by atoms with van der Waals surface area (Å²) < 4.78 is 6.87. The number of hydrogen-bond acceptors (Lipinski definition) is 6. The van der Waals surface area contributed by atoms with Gasteiger partial charge in [-0.3, -0.25) is 4.79 Å². The van der Waals surface area contributed by atoms with Gasteiger partial charge < -0.3 is 19.5 Å². The molecule has 33 heavy (non-hydrogen) atoms. The minimum atomic E-state index is -1.83. The molecule has 1 atom stereocenters. The molecule has 0 spiro atoms. The second-order valence-corrected chi connectivity index (χ2v) is 9.49. The van der Waals surface area contributed by atoms with E-state index < -0.39 is 11.6 Å². The molecule has 3 aliphatic rings. The van der Waals surface area contributed by atoms with Crippen LogP contribution in [-0.4, -0.2) is 25.7 Å². The largest absolute Gasteiger partial charge is 0.508 e. The molecule has 7 nitrogen and oxygen atoms in total. The third-order valence-electron chi connectivity index (χ3n) is 7.73. The molecule has 7 heteroatoms. The van der Waals surface area contributed by atoms with Crippen molar-refractivity contribution in [1.82, 2.24) is 9.55 Å². The van der Waals surface area contributed by atoms with E-state index >= 15 is 0 Å². The van der Waals surface area contributed by atoms with Crippen molar-refractivity contribution in [2.24, 2.45) is 0 Å². The average molecular weight is 447 g/mol. The quantitative estimate of drug-likeness (QED) is 0.454. The van der Waals surface area contributed by atoms with Crippen molar-refractivity contribution in [3.05, 3.63) is 56.9 Å². The van der Waals surface area contributed by atoms with E-state index in [-0.39, 0.29) is 24.3 Å². The summed E-state index contributed by atoms with van der Waals surface area (Å²) in [6, 6.07) is 6.99. The van der Waals surface area contributed by atoms with Gasteiger partial charge in [0.1, 0.15) is 12.4 Å². The molecule has 2 aliphatic heterocycles. The highest BCUT2D eigenvalue weighted by Gasteiger charge is 2.45. The Labute approximate surface area is 190 Å². The Morgan fingerprint density at radius 1 is 1.15 bits per heavy atom. The lowest BCUT2D eigenvalue weighted by atomic mass is 9.80. The number of aliphatic hydroxyl groups is 1. The molecular weight excluding hydrogens is 420 g/mol. The van der Waals surface area contributed by atoms with Crippen LogP contribution in [0.4, 0.5) is 0 Å². The van der Waals surface area contributed by atoms with Gasteiger partial charge in [0.05, 0.1) is 29.0 Å². The fraction of sp³-hybridized carbons (Fsp3) is 0.423. The Morgan fingerprint density at radius 3 is 2.70 bits per heavy atom. The van der Waals surface area contributed by atoms with Crippen LogP contribution in [0.1, 0.15) is 73.6 Å². The van der Waals surface area contributed by atoms with E-state index in [1.54, 1.807) is 29.7 Å². The first-order chi connectivity index (χ1) is 15.9. The number of cyclic esters (lactones) is 1. The maximum atomic E-state index is 13.5. The van der Waals surface area contributed by atoms with Gasteiger partial charge in [-0.05, 0) is 55.0 Å². The predicted octanol–water partition coefficient (Wildman–Crippen LogP) is 3.83. The number of phenolic OH excluding ortho intramolecular Hbond substituents is 1. The van der Waals surface area contributed by atoms with E-state index in [0.29, 0.717) is 29.3 Å². The Kier molecular flexibility index (Phi) is 4.43. The molecular formula is C26H26N2O5. The molecule has 0 radical (unpaired) electrons. The van der Waals surface area contributed by atoms with Crippen LogP contribution in [0.3, 0.4) is 0 Å². The Balaban J connectivity index is 1.64. The van der Waals surface area contributed by atoms with Crippen molar-refractivity contribution in [1.29, 1.82) is 0 Å². The van der Waals surface area contributed by atoms with Gasteiger partial charge in [-0.1, -0.05) is 26.2 Å². The summed E-state index contributed by atoms with van der Waals surface area (Å²) in [5.74, 6) is -0.171. The number of ether oxygens (including phenoxy) is 1. The zero-order chi connectivity index (χ0) is 22.9. The van der Waals surface area contributed by atoms with Crippen LogP contribution in [-0.2, 0) is 28.3 Å². The highest BCUT2D eigenvalue weighted by atomic mass is 16.6. The topological polar surface area (TPSA) is 102 Å². The van der Waals surface area contributed by atoms with Gasteiger partial charge in [-0.25, -0.2) is 9.78 Å². The fourth-order valence-electron chi connectivity index (χ4n) is 5.96. The van der Waals surface area contributed by atoms with E-state index in [1.807, 2.05) is 6.07 Å². The molecule has 0 amide bonds. The molecule has 1 saturated carbocycles. The monoisotopic (exact) mass is 446 g/mol.